The van der Waals surface area contributed by atoms with Crippen molar-refractivity contribution in [3.63, 3.8) is 0 Å². The van der Waals surface area contributed by atoms with Gasteiger partial charge in [0.25, 0.3) is 0 Å². The van der Waals surface area contributed by atoms with Gasteiger partial charge in [0.1, 0.15) is 0 Å². The van der Waals surface area contributed by atoms with Gasteiger partial charge in [-0.1, -0.05) is 6.58 Å². The number of nitrogens with one attached hydrogen (secondary N) is 2. The Labute approximate surface area is 37.4 Å². The molecule has 0 aromatic rings. The second-order valence-corrected chi connectivity index (χ2v) is 0.920. The molecule has 2 heteroatoms. The zero-order valence-corrected chi connectivity index (χ0v) is 3.78. The first-order valence-electron chi connectivity index (χ1n) is 1.68. The molecule has 0 radical (unpaired) electrons. The summed E-state index contributed by atoms with van der Waals surface area (Å²) in [5.41, 5.74) is 0.634. The van der Waals surface area contributed by atoms with E-state index < -0.39 is 0 Å². The van der Waals surface area contributed by atoms with Gasteiger partial charge in [-0.25, -0.2) is 0 Å². The molecule has 0 bridgehead atoms. The molecule has 0 aliphatic heterocycles. The quantitative estimate of drug-likeness (QED) is 0.466. The molecule has 2 N–H and O–H groups in total. The van der Waals surface area contributed by atoms with Crippen LogP contribution in [0.2, 0.25) is 0 Å². The molecule has 0 aliphatic carbocycles. The molecule has 0 aromatic carbocycles. The molecule has 0 heterocycles. The van der Waals surface area contributed by atoms with Crippen LogP contribution in [0.25, 0.3) is 0 Å². The first kappa shape index (κ1) is 5.21. The van der Waals surface area contributed by atoms with Crippen LogP contribution in [0, 0.1) is 5.41 Å². The second kappa shape index (κ2) is 2.45. The smallest absolute Gasteiger partial charge is 0.0443 e. The third-order valence-corrected chi connectivity index (χ3v) is 0.495. The molecule has 0 saturated heterocycles. The number of rotatable bonds is 2. The summed E-state index contributed by atoms with van der Waals surface area (Å²) in [4.78, 5) is 0. The van der Waals surface area contributed by atoms with Crippen LogP contribution in [0.3, 0.4) is 0 Å². The molecule has 0 saturated carbocycles. The first-order valence-corrected chi connectivity index (χ1v) is 1.68. The maximum atomic E-state index is 6.52. The lowest BCUT2D eigenvalue weighted by Gasteiger charge is -1.88. The SMILES string of the molecule is C=C(C=N)NC. The monoisotopic (exact) mass is 84.1 g/mol. The van der Waals surface area contributed by atoms with Crippen molar-refractivity contribution in [3.05, 3.63) is 12.3 Å². The fourth-order valence-electron chi connectivity index (χ4n) is 0.0722. The number of hydrogen-bond acceptors (Lipinski definition) is 2. The van der Waals surface area contributed by atoms with Gasteiger partial charge < -0.3 is 10.7 Å². The highest BCUT2D eigenvalue weighted by Crippen LogP contribution is 1.66. The summed E-state index contributed by atoms with van der Waals surface area (Å²) in [5, 5.41) is 9.20. The molecule has 2 nitrogen and oxygen atoms in total. The van der Waals surface area contributed by atoms with Gasteiger partial charge in [0.05, 0.1) is 0 Å². The van der Waals surface area contributed by atoms with Gasteiger partial charge in [0.15, 0.2) is 0 Å². The van der Waals surface area contributed by atoms with Crippen molar-refractivity contribution in [2.24, 2.45) is 0 Å². The Morgan fingerprint density at radius 2 is 2.50 bits per heavy atom. The largest absolute Gasteiger partial charge is 0.387 e. The zero-order chi connectivity index (χ0) is 4.99. The highest BCUT2D eigenvalue weighted by molar-refractivity contribution is 5.73. The lowest BCUT2D eigenvalue weighted by atomic mass is 10.6. The molecule has 6 heavy (non-hydrogen) atoms. The van der Waals surface area contributed by atoms with Crippen LogP contribution in [0.4, 0.5) is 0 Å². The fourth-order valence-corrected chi connectivity index (χ4v) is 0.0722. The highest BCUT2D eigenvalue weighted by atomic mass is 14.8. The summed E-state index contributed by atoms with van der Waals surface area (Å²) in [6.07, 6.45) is 1.17. The van der Waals surface area contributed by atoms with Gasteiger partial charge in [-0.2, -0.15) is 0 Å². The minimum atomic E-state index is 0.634. The Kier molecular flexibility index (Phi) is 2.13. The van der Waals surface area contributed by atoms with Gasteiger partial charge in [0, 0.05) is 19.0 Å². The fraction of sp³-hybridized carbons (Fsp3) is 0.250. The maximum Gasteiger partial charge on any atom is 0.0443 e. The van der Waals surface area contributed by atoms with Gasteiger partial charge in [-0.3, -0.25) is 0 Å². The molecule has 0 atom stereocenters. The third kappa shape index (κ3) is 1.52. The van der Waals surface area contributed by atoms with Crippen LogP contribution in [-0.4, -0.2) is 13.3 Å². The van der Waals surface area contributed by atoms with Gasteiger partial charge in [-0.05, 0) is 0 Å². The van der Waals surface area contributed by atoms with Gasteiger partial charge in [-0.15, -0.1) is 0 Å². The summed E-state index contributed by atoms with van der Waals surface area (Å²) in [6, 6.07) is 0. The molecule has 34 valence electrons. The molecule has 0 amide bonds. The minimum absolute atomic E-state index is 0.634. The van der Waals surface area contributed by atoms with E-state index in [9.17, 15) is 0 Å². The van der Waals surface area contributed by atoms with E-state index in [1.165, 1.54) is 6.21 Å². The first-order chi connectivity index (χ1) is 2.81. The zero-order valence-electron chi connectivity index (χ0n) is 3.78. The molecular weight excluding hydrogens is 76.1 g/mol. The molecule has 0 fully saturated rings. The van der Waals surface area contributed by atoms with Crippen LogP contribution in [-0.2, 0) is 0 Å². The average Bonchev–Trinajstić information content (AvgIpc) is 1.65. The van der Waals surface area contributed by atoms with Crippen LogP contribution < -0.4 is 5.32 Å². The van der Waals surface area contributed by atoms with E-state index in [0.29, 0.717) is 5.70 Å². The Hall–Kier alpha value is -0.790. The van der Waals surface area contributed by atoms with E-state index in [0.717, 1.165) is 0 Å². The maximum absolute atomic E-state index is 6.52. The van der Waals surface area contributed by atoms with Crippen molar-refractivity contribution < 1.29 is 0 Å². The number of allylic oxidation sites excluding steroid dienone is 1. The summed E-state index contributed by atoms with van der Waals surface area (Å²) >= 11 is 0. The summed E-state index contributed by atoms with van der Waals surface area (Å²) in [6.45, 7) is 3.44. The Bertz CT molecular complexity index is 65.9. The van der Waals surface area contributed by atoms with Crippen molar-refractivity contribution in [1.82, 2.24) is 5.32 Å². The van der Waals surface area contributed by atoms with Crippen LogP contribution in [0.15, 0.2) is 12.3 Å². The van der Waals surface area contributed by atoms with Crippen molar-refractivity contribution in [2.75, 3.05) is 7.05 Å². The summed E-state index contributed by atoms with van der Waals surface area (Å²) in [5.74, 6) is 0. The van der Waals surface area contributed by atoms with Crippen molar-refractivity contribution in [2.45, 2.75) is 0 Å². The normalized spacial score (nSPS) is 6.83. The van der Waals surface area contributed by atoms with E-state index in [1.807, 2.05) is 0 Å². The van der Waals surface area contributed by atoms with E-state index in [2.05, 4.69) is 11.9 Å². The predicted octanol–water partition coefficient (Wildman–Crippen LogP) is 0.369. The van der Waals surface area contributed by atoms with Gasteiger partial charge in [0.2, 0.25) is 0 Å². The Morgan fingerprint density at radius 3 is 2.50 bits per heavy atom. The molecule has 0 spiro atoms. The van der Waals surface area contributed by atoms with E-state index in [1.54, 1.807) is 7.05 Å². The van der Waals surface area contributed by atoms with Crippen molar-refractivity contribution in [3.8, 4) is 0 Å². The third-order valence-electron chi connectivity index (χ3n) is 0.495. The van der Waals surface area contributed by atoms with Crippen LogP contribution in [0.5, 0.6) is 0 Å². The molecule has 0 aliphatic rings. The minimum Gasteiger partial charge on any atom is -0.387 e. The summed E-state index contributed by atoms with van der Waals surface area (Å²) < 4.78 is 0. The molecule has 0 unspecified atom stereocenters. The van der Waals surface area contributed by atoms with E-state index in [4.69, 9.17) is 5.41 Å². The Balaban J connectivity index is 3.23. The summed E-state index contributed by atoms with van der Waals surface area (Å²) in [7, 11) is 1.73. The van der Waals surface area contributed by atoms with Gasteiger partial charge >= 0.3 is 0 Å². The topological polar surface area (TPSA) is 35.9 Å². The Morgan fingerprint density at radius 1 is 2.00 bits per heavy atom. The lowest BCUT2D eigenvalue weighted by molar-refractivity contribution is 1.06. The van der Waals surface area contributed by atoms with E-state index in [-0.39, 0.29) is 0 Å². The standard InChI is InChI=1S/C4H8N2/c1-4(3-5)6-2/h3,5-6H,1H2,2H3. The van der Waals surface area contributed by atoms with E-state index >= 15 is 0 Å². The number of hydrogen-bond donors (Lipinski definition) is 2. The molecule has 0 rings (SSSR count). The molecule has 0 aromatic heterocycles. The van der Waals surface area contributed by atoms with Crippen molar-refractivity contribution in [1.29, 1.82) is 5.41 Å². The highest BCUT2D eigenvalue weighted by Gasteiger charge is 1.70. The predicted molar refractivity (Wildman–Crippen MR) is 27.0 cm³/mol. The second-order valence-electron chi connectivity index (χ2n) is 0.920. The van der Waals surface area contributed by atoms with Crippen LogP contribution in [0.1, 0.15) is 0 Å². The van der Waals surface area contributed by atoms with Crippen LogP contribution >= 0.6 is 0 Å². The van der Waals surface area contributed by atoms with Crippen molar-refractivity contribution >= 4 is 6.21 Å². The molecular formula is C4H8N2. The average molecular weight is 84.1 g/mol. The lowest BCUT2D eigenvalue weighted by Crippen LogP contribution is -2.03.